The Morgan fingerprint density at radius 2 is 1.97 bits per heavy atom. The van der Waals surface area contributed by atoms with Crippen LogP contribution in [0.4, 0.5) is 10.2 Å². The summed E-state index contributed by atoms with van der Waals surface area (Å²) >= 11 is 6.04. The van der Waals surface area contributed by atoms with E-state index in [1.807, 2.05) is 48.2 Å². The van der Waals surface area contributed by atoms with Gasteiger partial charge in [-0.05, 0) is 36.8 Å². The average molecular weight is 453 g/mol. The van der Waals surface area contributed by atoms with Gasteiger partial charge in [0.1, 0.15) is 23.7 Å². The molecule has 0 saturated carbocycles. The molecule has 1 aliphatic heterocycles. The second-order valence-corrected chi connectivity index (χ2v) is 7.87. The summed E-state index contributed by atoms with van der Waals surface area (Å²) in [6, 6.07) is 15.4. The molecule has 0 spiro atoms. The third-order valence-electron chi connectivity index (χ3n) is 5.19. The minimum Gasteiger partial charge on any atom is -0.437 e. The van der Waals surface area contributed by atoms with Gasteiger partial charge in [-0.1, -0.05) is 41.9 Å². The Hall–Kier alpha value is -3.45. The number of nitrogens with zero attached hydrogens (tertiary/aromatic N) is 4. The molecule has 1 saturated heterocycles. The van der Waals surface area contributed by atoms with Crippen LogP contribution in [0.2, 0.25) is 5.02 Å². The SMILES string of the molecule is C[C@H]1CN(c2cc(Oc3ccc(F)cc3Cl)ncn2)CCN1C(=O)/C=C/c1ccccc1. The number of anilines is 1. The molecule has 0 radical (unpaired) electrons. The van der Waals surface area contributed by atoms with Crippen molar-refractivity contribution in [3.8, 4) is 11.6 Å². The minimum absolute atomic E-state index is 0.00236. The van der Waals surface area contributed by atoms with Gasteiger partial charge in [0.15, 0.2) is 0 Å². The number of carbonyl (C=O) groups is 1. The Morgan fingerprint density at radius 3 is 2.72 bits per heavy atom. The first kappa shape index (κ1) is 21.8. The van der Waals surface area contributed by atoms with Crippen molar-refractivity contribution < 1.29 is 13.9 Å². The lowest BCUT2D eigenvalue weighted by Gasteiger charge is -2.40. The maximum absolute atomic E-state index is 13.2. The van der Waals surface area contributed by atoms with E-state index in [1.165, 1.54) is 24.5 Å². The third-order valence-corrected chi connectivity index (χ3v) is 5.48. The van der Waals surface area contributed by atoms with Crippen LogP contribution in [-0.2, 0) is 4.79 Å². The van der Waals surface area contributed by atoms with Crippen molar-refractivity contribution in [3.05, 3.63) is 83.4 Å². The summed E-state index contributed by atoms with van der Waals surface area (Å²) in [6.45, 7) is 3.84. The minimum atomic E-state index is -0.439. The van der Waals surface area contributed by atoms with E-state index in [1.54, 1.807) is 12.1 Å². The highest BCUT2D eigenvalue weighted by Crippen LogP contribution is 2.30. The summed E-state index contributed by atoms with van der Waals surface area (Å²) in [5.74, 6) is 0.851. The quantitative estimate of drug-likeness (QED) is 0.520. The lowest BCUT2D eigenvalue weighted by molar-refractivity contribution is -0.128. The van der Waals surface area contributed by atoms with Crippen LogP contribution in [0.5, 0.6) is 11.6 Å². The highest BCUT2D eigenvalue weighted by Gasteiger charge is 2.27. The summed E-state index contributed by atoms with van der Waals surface area (Å²) in [4.78, 5) is 25.1. The summed E-state index contributed by atoms with van der Waals surface area (Å²) in [5.41, 5.74) is 0.988. The smallest absolute Gasteiger partial charge is 0.246 e. The van der Waals surface area contributed by atoms with Crippen LogP contribution in [0.25, 0.3) is 6.08 Å². The van der Waals surface area contributed by atoms with Crippen LogP contribution in [-0.4, -0.2) is 46.5 Å². The normalized spacial score (nSPS) is 16.4. The van der Waals surface area contributed by atoms with Gasteiger partial charge in [0.25, 0.3) is 0 Å². The molecular weight excluding hydrogens is 431 g/mol. The van der Waals surface area contributed by atoms with E-state index < -0.39 is 5.82 Å². The van der Waals surface area contributed by atoms with Crippen LogP contribution in [0.1, 0.15) is 12.5 Å². The number of aromatic nitrogens is 2. The Labute approximate surface area is 190 Å². The molecular formula is C24H22ClFN4O2. The van der Waals surface area contributed by atoms with Gasteiger partial charge in [0.05, 0.1) is 5.02 Å². The predicted octanol–water partition coefficient (Wildman–Crippen LogP) is 4.81. The van der Waals surface area contributed by atoms with Gasteiger partial charge in [0, 0.05) is 37.8 Å². The van der Waals surface area contributed by atoms with E-state index in [0.29, 0.717) is 37.1 Å². The molecule has 0 N–H and O–H groups in total. The number of halogens is 2. The monoisotopic (exact) mass is 452 g/mol. The van der Waals surface area contributed by atoms with Gasteiger partial charge < -0.3 is 14.5 Å². The lowest BCUT2D eigenvalue weighted by atomic mass is 10.1. The first-order valence-electron chi connectivity index (χ1n) is 10.2. The van der Waals surface area contributed by atoms with Gasteiger partial charge in [-0.25, -0.2) is 14.4 Å². The van der Waals surface area contributed by atoms with Crippen LogP contribution in [0, 0.1) is 5.82 Å². The molecule has 6 nitrogen and oxygen atoms in total. The summed E-state index contributed by atoms with van der Waals surface area (Å²) in [7, 11) is 0. The lowest BCUT2D eigenvalue weighted by Crippen LogP contribution is -2.54. The molecule has 32 heavy (non-hydrogen) atoms. The molecule has 2 aromatic carbocycles. The zero-order valence-corrected chi connectivity index (χ0v) is 18.2. The maximum atomic E-state index is 13.2. The van der Waals surface area contributed by atoms with Crippen LogP contribution < -0.4 is 9.64 Å². The fourth-order valence-electron chi connectivity index (χ4n) is 3.55. The van der Waals surface area contributed by atoms with Crippen molar-refractivity contribution in [3.63, 3.8) is 0 Å². The maximum Gasteiger partial charge on any atom is 0.246 e. The average Bonchev–Trinajstić information content (AvgIpc) is 2.80. The highest BCUT2D eigenvalue weighted by atomic mass is 35.5. The standard InChI is InChI=1S/C24H22ClFN4O2/c1-17-15-29(11-12-30(17)24(31)10-7-18-5-3-2-4-6-18)22-14-23(28-16-27-22)32-21-9-8-19(26)13-20(21)25/h2-10,13-14,16-17H,11-12,15H2,1H3/b10-7+/t17-/m0/s1. The number of carbonyl (C=O) groups excluding carboxylic acids is 1. The number of benzene rings is 2. The van der Waals surface area contributed by atoms with Gasteiger partial charge in [-0.3, -0.25) is 4.79 Å². The fraction of sp³-hybridized carbons (Fsp3) is 0.208. The van der Waals surface area contributed by atoms with Crippen molar-refractivity contribution in [2.45, 2.75) is 13.0 Å². The summed E-state index contributed by atoms with van der Waals surface area (Å²) in [5, 5.41) is 0.162. The predicted molar refractivity (Wildman–Crippen MR) is 122 cm³/mol. The van der Waals surface area contributed by atoms with Gasteiger partial charge in [0.2, 0.25) is 11.8 Å². The highest BCUT2D eigenvalue weighted by molar-refractivity contribution is 6.32. The number of hydrogen-bond donors (Lipinski definition) is 0. The van der Waals surface area contributed by atoms with Crippen molar-refractivity contribution in [2.75, 3.05) is 24.5 Å². The Kier molecular flexibility index (Phi) is 6.66. The molecule has 2 heterocycles. The molecule has 1 aromatic heterocycles. The summed E-state index contributed by atoms with van der Waals surface area (Å²) < 4.78 is 19.0. The van der Waals surface area contributed by atoms with E-state index in [2.05, 4.69) is 14.9 Å². The first-order valence-corrected chi connectivity index (χ1v) is 10.6. The molecule has 3 aromatic rings. The van der Waals surface area contributed by atoms with Crippen molar-refractivity contribution >= 4 is 29.4 Å². The molecule has 1 aliphatic rings. The van der Waals surface area contributed by atoms with Gasteiger partial charge in [-0.15, -0.1) is 0 Å². The van der Waals surface area contributed by atoms with Crippen molar-refractivity contribution in [1.29, 1.82) is 0 Å². The molecule has 1 fully saturated rings. The van der Waals surface area contributed by atoms with E-state index >= 15 is 0 Å². The number of rotatable bonds is 5. The van der Waals surface area contributed by atoms with E-state index in [4.69, 9.17) is 16.3 Å². The van der Waals surface area contributed by atoms with Gasteiger partial charge in [-0.2, -0.15) is 0 Å². The van der Waals surface area contributed by atoms with Crippen LogP contribution >= 0.6 is 11.6 Å². The topological polar surface area (TPSA) is 58.6 Å². The van der Waals surface area contributed by atoms with Crippen molar-refractivity contribution in [1.82, 2.24) is 14.9 Å². The molecule has 4 rings (SSSR count). The van der Waals surface area contributed by atoms with Crippen molar-refractivity contribution in [2.24, 2.45) is 0 Å². The number of ether oxygens (including phenoxy) is 1. The number of piperazine rings is 1. The first-order chi connectivity index (χ1) is 15.5. The molecule has 1 amide bonds. The molecule has 0 bridgehead atoms. The second kappa shape index (κ2) is 9.78. The largest absolute Gasteiger partial charge is 0.437 e. The van der Waals surface area contributed by atoms with E-state index in [-0.39, 0.29) is 17.0 Å². The Morgan fingerprint density at radius 1 is 1.16 bits per heavy atom. The molecule has 0 unspecified atom stereocenters. The Balaban J connectivity index is 1.40. The number of amides is 1. The van der Waals surface area contributed by atoms with Crippen LogP contribution in [0.15, 0.2) is 67.0 Å². The molecule has 1 atom stereocenters. The zero-order valence-electron chi connectivity index (χ0n) is 17.5. The summed E-state index contributed by atoms with van der Waals surface area (Å²) in [6.07, 6.45) is 4.85. The molecule has 8 heteroatoms. The number of hydrogen-bond acceptors (Lipinski definition) is 5. The Bertz CT molecular complexity index is 1130. The van der Waals surface area contributed by atoms with E-state index in [0.717, 1.165) is 5.56 Å². The second-order valence-electron chi connectivity index (χ2n) is 7.46. The fourth-order valence-corrected chi connectivity index (χ4v) is 3.76. The zero-order chi connectivity index (χ0) is 22.5. The van der Waals surface area contributed by atoms with Gasteiger partial charge >= 0.3 is 0 Å². The third kappa shape index (κ3) is 5.23. The van der Waals surface area contributed by atoms with E-state index in [9.17, 15) is 9.18 Å². The molecule has 0 aliphatic carbocycles. The molecule has 164 valence electrons. The van der Waals surface area contributed by atoms with Crippen LogP contribution in [0.3, 0.4) is 0 Å².